The van der Waals surface area contributed by atoms with Crippen molar-refractivity contribution < 1.29 is 27.5 Å². The summed E-state index contributed by atoms with van der Waals surface area (Å²) in [4.78, 5) is 27.3. The minimum atomic E-state index is -4.47. The summed E-state index contributed by atoms with van der Waals surface area (Å²) in [7, 11) is 0. The molecule has 9 heteroatoms. The predicted octanol–water partition coefficient (Wildman–Crippen LogP) is 2.68. The first-order valence-electron chi connectivity index (χ1n) is 6.75. The number of anilines is 2. The highest BCUT2D eigenvalue weighted by atomic mass is 19.4. The number of halogens is 3. The van der Waals surface area contributed by atoms with Crippen molar-refractivity contribution in [1.29, 1.82) is 0 Å². The van der Waals surface area contributed by atoms with Crippen molar-refractivity contribution in [2.75, 3.05) is 17.2 Å². The second-order valence-corrected chi connectivity index (χ2v) is 4.91. The summed E-state index contributed by atoms with van der Waals surface area (Å²) in [6.45, 7) is -0.119. The molecule has 2 amide bonds. The van der Waals surface area contributed by atoms with Crippen LogP contribution in [0.3, 0.4) is 0 Å². The van der Waals surface area contributed by atoms with Crippen LogP contribution in [-0.4, -0.2) is 23.4 Å². The molecule has 0 saturated heterocycles. The van der Waals surface area contributed by atoms with Gasteiger partial charge in [0.15, 0.2) is 18.2 Å². The van der Waals surface area contributed by atoms with E-state index >= 15 is 0 Å². The molecule has 1 aliphatic rings. The number of carbonyl (C=O) groups is 2. The Morgan fingerprint density at radius 1 is 1.17 bits per heavy atom. The van der Waals surface area contributed by atoms with Gasteiger partial charge in [-0.1, -0.05) is 0 Å². The first kappa shape index (κ1) is 15.8. The van der Waals surface area contributed by atoms with Crippen LogP contribution in [-0.2, 0) is 11.0 Å². The SMILES string of the molecule is O=C1COc2ccc(NC(=O)c3ccc(C(F)(F)F)cc3)nc2N1. The Morgan fingerprint density at radius 3 is 2.54 bits per heavy atom. The van der Waals surface area contributed by atoms with Crippen molar-refractivity contribution >= 4 is 23.5 Å². The molecule has 6 nitrogen and oxygen atoms in total. The fourth-order valence-corrected chi connectivity index (χ4v) is 2.03. The summed E-state index contributed by atoms with van der Waals surface area (Å²) in [6, 6.07) is 6.76. The molecule has 0 unspecified atom stereocenters. The normalized spacial score (nSPS) is 13.5. The maximum atomic E-state index is 12.5. The number of aromatic nitrogens is 1. The third-order valence-electron chi connectivity index (χ3n) is 3.19. The van der Waals surface area contributed by atoms with E-state index in [9.17, 15) is 22.8 Å². The number of carbonyl (C=O) groups excluding carboxylic acids is 2. The fourth-order valence-electron chi connectivity index (χ4n) is 2.03. The van der Waals surface area contributed by atoms with Crippen molar-refractivity contribution in [2.45, 2.75) is 6.18 Å². The lowest BCUT2D eigenvalue weighted by Gasteiger charge is -2.17. The van der Waals surface area contributed by atoms with E-state index in [0.717, 1.165) is 24.3 Å². The standard InChI is InChI=1S/C15H10F3N3O3/c16-15(17,18)9-3-1-8(2-4-9)14(23)20-11-6-5-10-13(19-11)21-12(22)7-24-10/h1-6H,7H2,(H2,19,20,21,22,23). The van der Waals surface area contributed by atoms with Crippen LogP contribution in [0.5, 0.6) is 5.75 Å². The van der Waals surface area contributed by atoms with E-state index in [-0.39, 0.29) is 29.7 Å². The summed E-state index contributed by atoms with van der Waals surface area (Å²) in [5, 5.41) is 4.93. The molecule has 1 aliphatic heterocycles. The zero-order chi connectivity index (χ0) is 17.3. The number of hydrogen-bond acceptors (Lipinski definition) is 4. The number of nitrogens with one attached hydrogen (secondary N) is 2. The highest BCUT2D eigenvalue weighted by Gasteiger charge is 2.30. The fraction of sp³-hybridized carbons (Fsp3) is 0.133. The number of nitrogens with zero attached hydrogens (tertiary/aromatic N) is 1. The van der Waals surface area contributed by atoms with Gasteiger partial charge < -0.3 is 15.4 Å². The molecular formula is C15H10F3N3O3. The van der Waals surface area contributed by atoms with Crippen LogP contribution in [0.4, 0.5) is 24.8 Å². The Balaban J connectivity index is 1.75. The second-order valence-electron chi connectivity index (χ2n) is 4.91. The molecule has 24 heavy (non-hydrogen) atoms. The third-order valence-corrected chi connectivity index (χ3v) is 3.19. The molecule has 0 spiro atoms. The summed E-state index contributed by atoms with van der Waals surface area (Å²) in [5.74, 6) is -0.344. The second kappa shape index (κ2) is 5.84. The average Bonchev–Trinajstić information content (AvgIpc) is 2.53. The van der Waals surface area contributed by atoms with E-state index in [1.807, 2.05) is 0 Å². The summed E-state index contributed by atoms with van der Waals surface area (Å²) >= 11 is 0. The number of amides is 2. The predicted molar refractivity (Wildman–Crippen MR) is 77.8 cm³/mol. The van der Waals surface area contributed by atoms with Crippen LogP contribution < -0.4 is 15.4 Å². The van der Waals surface area contributed by atoms with Crippen LogP contribution in [0.15, 0.2) is 36.4 Å². The molecule has 2 N–H and O–H groups in total. The molecule has 0 radical (unpaired) electrons. The lowest BCUT2D eigenvalue weighted by atomic mass is 10.1. The van der Waals surface area contributed by atoms with Gasteiger partial charge in [-0.15, -0.1) is 0 Å². The van der Waals surface area contributed by atoms with Gasteiger partial charge in [0, 0.05) is 5.56 Å². The van der Waals surface area contributed by atoms with Crippen LogP contribution >= 0.6 is 0 Å². The Kier molecular flexibility index (Phi) is 3.84. The van der Waals surface area contributed by atoms with Crippen LogP contribution in [0.2, 0.25) is 0 Å². The molecule has 124 valence electrons. The van der Waals surface area contributed by atoms with Crippen LogP contribution in [0, 0.1) is 0 Å². The number of ether oxygens (including phenoxy) is 1. The molecule has 0 saturated carbocycles. The van der Waals surface area contributed by atoms with Crippen LogP contribution in [0.25, 0.3) is 0 Å². The first-order chi connectivity index (χ1) is 11.3. The lowest BCUT2D eigenvalue weighted by molar-refractivity contribution is -0.137. The van der Waals surface area contributed by atoms with Gasteiger partial charge in [-0.2, -0.15) is 13.2 Å². The van der Waals surface area contributed by atoms with Crippen molar-refractivity contribution in [3.05, 3.63) is 47.5 Å². The molecular weight excluding hydrogens is 327 g/mol. The molecule has 0 fully saturated rings. The molecule has 3 rings (SSSR count). The number of rotatable bonds is 2. The Hall–Kier alpha value is -3.10. The van der Waals surface area contributed by atoms with Gasteiger partial charge >= 0.3 is 6.18 Å². The molecule has 2 heterocycles. The van der Waals surface area contributed by atoms with Gasteiger partial charge in [0.1, 0.15) is 5.82 Å². The van der Waals surface area contributed by atoms with Gasteiger partial charge in [0.05, 0.1) is 5.56 Å². The monoisotopic (exact) mass is 337 g/mol. The minimum Gasteiger partial charge on any atom is -0.480 e. The molecule has 1 aromatic carbocycles. The number of alkyl halides is 3. The first-order valence-corrected chi connectivity index (χ1v) is 6.75. The van der Waals surface area contributed by atoms with E-state index in [1.54, 1.807) is 0 Å². The lowest BCUT2D eigenvalue weighted by Crippen LogP contribution is -2.26. The van der Waals surface area contributed by atoms with Crippen molar-refractivity contribution in [3.8, 4) is 5.75 Å². The zero-order valence-electron chi connectivity index (χ0n) is 12.0. The number of benzene rings is 1. The minimum absolute atomic E-state index is 0.0443. The van der Waals surface area contributed by atoms with E-state index < -0.39 is 17.6 Å². The molecule has 0 bridgehead atoms. The van der Waals surface area contributed by atoms with E-state index in [4.69, 9.17) is 4.74 Å². The van der Waals surface area contributed by atoms with Gasteiger partial charge in [-0.25, -0.2) is 4.98 Å². The molecule has 2 aromatic rings. The van der Waals surface area contributed by atoms with Crippen molar-refractivity contribution in [3.63, 3.8) is 0 Å². The topological polar surface area (TPSA) is 80.3 Å². The average molecular weight is 337 g/mol. The maximum Gasteiger partial charge on any atom is 0.416 e. The van der Waals surface area contributed by atoms with Gasteiger partial charge in [-0.05, 0) is 36.4 Å². The Morgan fingerprint density at radius 2 is 1.88 bits per heavy atom. The summed E-state index contributed by atoms with van der Waals surface area (Å²) in [5.41, 5.74) is -0.798. The highest BCUT2D eigenvalue weighted by molar-refractivity contribution is 6.04. The van der Waals surface area contributed by atoms with Gasteiger partial charge in [0.2, 0.25) is 0 Å². The molecule has 0 atom stereocenters. The Labute approximate surface area is 133 Å². The van der Waals surface area contributed by atoms with E-state index in [0.29, 0.717) is 5.75 Å². The van der Waals surface area contributed by atoms with Crippen molar-refractivity contribution in [1.82, 2.24) is 4.98 Å². The van der Waals surface area contributed by atoms with E-state index in [1.165, 1.54) is 12.1 Å². The zero-order valence-corrected chi connectivity index (χ0v) is 12.0. The maximum absolute atomic E-state index is 12.5. The quantitative estimate of drug-likeness (QED) is 0.883. The highest BCUT2D eigenvalue weighted by Crippen LogP contribution is 2.29. The molecule has 0 aliphatic carbocycles. The number of pyridine rings is 1. The third kappa shape index (κ3) is 3.29. The largest absolute Gasteiger partial charge is 0.480 e. The van der Waals surface area contributed by atoms with E-state index in [2.05, 4.69) is 15.6 Å². The Bertz CT molecular complexity index is 804. The van der Waals surface area contributed by atoms with Gasteiger partial charge in [0.25, 0.3) is 11.8 Å². The number of fused-ring (bicyclic) bond motifs is 1. The van der Waals surface area contributed by atoms with Gasteiger partial charge in [-0.3, -0.25) is 9.59 Å². The summed E-state index contributed by atoms with van der Waals surface area (Å²) in [6.07, 6.45) is -4.47. The number of hydrogen-bond donors (Lipinski definition) is 2. The van der Waals surface area contributed by atoms with Crippen molar-refractivity contribution in [2.24, 2.45) is 0 Å². The molecule has 1 aromatic heterocycles. The van der Waals surface area contributed by atoms with Crippen LogP contribution in [0.1, 0.15) is 15.9 Å². The smallest absolute Gasteiger partial charge is 0.416 e. The summed E-state index contributed by atoms with van der Waals surface area (Å²) < 4.78 is 42.6.